The Hall–Kier alpha value is -2.64. The van der Waals surface area contributed by atoms with Crippen molar-refractivity contribution in [2.75, 3.05) is 25.1 Å². The lowest BCUT2D eigenvalue weighted by atomic mass is 10.1. The van der Waals surface area contributed by atoms with Crippen LogP contribution in [0.2, 0.25) is 0 Å². The molecule has 0 unspecified atom stereocenters. The number of anilines is 1. The predicted molar refractivity (Wildman–Crippen MR) is 124 cm³/mol. The van der Waals surface area contributed by atoms with Gasteiger partial charge in [-0.2, -0.15) is 0 Å². The molecule has 164 valence electrons. The van der Waals surface area contributed by atoms with Crippen LogP contribution in [0, 0.1) is 5.82 Å². The Kier molecular flexibility index (Phi) is 8.26. The molecule has 0 atom stereocenters. The van der Waals surface area contributed by atoms with Gasteiger partial charge in [-0.1, -0.05) is 50.2 Å². The predicted octanol–water partition coefficient (Wildman–Crippen LogP) is 5.11. The van der Waals surface area contributed by atoms with E-state index in [9.17, 15) is 14.0 Å². The normalized spacial score (nSPS) is 14.5. The molecule has 1 aliphatic rings. The zero-order chi connectivity index (χ0) is 22.2. The van der Waals surface area contributed by atoms with E-state index in [1.165, 1.54) is 23.9 Å². The molecule has 5 nitrogen and oxygen atoms in total. The van der Waals surface area contributed by atoms with Crippen LogP contribution in [-0.4, -0.2) is 36.5 Å². The number of hydrogen-bond donors (Lipinski definition) is 2. The Morgan fingerprint density at radius 3 is 2.71 bits per heavy atom. The van der Waals surface area contributed by atoms with Crippen LogP contribution in [0.5, 0.6) is 0 Å². The molecule has 0 saturated heterocycles. The van der Waals surface area contributed by atoms with Crippen LogP contribution in [0.4, 0.5) is 10.1 Å². The number of fused-ring (bicyclic) bond motifs is 1. The first-order chi connectivity index (χ1) is 15.0. The number of nitrogens with zero attached hydrogens (tertiary/aromatic N) is 1. The summed E-state index contributed by atoms with van der Waals surface area (Å²) in [5.41, 5.74) is 1.44. The average molecular weight is 442 g/mol. The maximum atomic E-state index is 13.9. The average Bonchev–Trinajstić information content (AvgIpc) is 2.77. The van der Waals surface area contributed by atoms with Crippen molar-refractivity contribution in [1.29, 1.82) is 0 Å². The lowest BCUT2D eigenvalue weighted by molar-refractivity contribution is -0.112. The highest BCUT2D eigenvalue weighted by Gasteiger charge is 2.22. The molecule has 0 bridgehead atoms. The van der Waals surface area contributed by atoms with Crippen molar-refractivity contribution in [3.8, 4) is 0 Å². The maximum absolute atomic E-state index is 13.9. The minimum absolute atomic E-state index is 0.174. The Morgan fingerprint density at radius 2 is 1.97 bits per heavy atom. The van der Waals surface area contributed by atoms with E-state index in [2.05, 4.69) is 29.4 Å². The first-order valence-electron chi connectivity index (χ1n) is 10.6. The molecular formula is C24H28FN3O2S. The monoisotopic (exact) mass is 441 g/mol. The summed E-state index contributed by atoms with van der Waals surface area (Å²) >= 11 is 1.27. The number of benzene rings is 2. The van der Waals surface area contributed by atoms with Crippen molar-refractivity contribution in [2.45, 2.75) is 38.0 Å². The van der Waals surface area contributed by atoms with E-state index in [-0.39, 0.29) is 17.6 Å². The Bertz CT molecular complexity index is 977. The summed E-state index contributed by atoms with van der Waals surface area (Å²) in [6, 6.07) is 11.6. The molecule has 7 heteroatoms. The molecule has 2 aromatic rings. The second-order valence-corrected chi connectivity index (χ2v) is 8.52. The molecule has 0 aromatic heterocycles. The fraction of sp³-hybridized carbons (Fsp3) is 0.333. The van der Waals surface area contributed by atoms with Crippen LogP contribution in [-0.2, 0) is 4.79 Å². The van der Waals surface area contributed by atoms with E-state index in [1.807, 2.05) is 6.07 Å². The highest BCUT2D eigenvalue weighted by Crippen LogP contribution is 2.39. The lowest BCUT2D eigenvalue weighted by Crippen LogP contribution is -2.38. The zero-order valence-electron chi connectivity index (χ0n) is 17.9. The number of rotatable bonds is 9. The van der Waals surface area contributed by atoms with Gasteiger partial charge >= 0.3 is 0 Å². The van der Waals surface area contributed by atoms with Crippen molar-refractivity contribution in [2.24, 2.45) is 0 Å². The van der Waals surface area contributed by atoms with E-state index in [0.29, 0.717) is 28.4 Å². The third-order valence-electron chi connectivity index (χ3n) is 4.96. The molecule has 1 heterocycles. The fourth-order valence-electron chi connectivity index (χ4n) is 3.29. The molecule has 2 aromatic carbocycles. The van der Waals surface area contributed by atoms with Crippen LogP contribution in [0.1, 0.15) is 49.0 Å². The van der Waals surface area contributed by atoms with E-state index in [0.717, 1.165) is 37.2 Å². The fourth-order valence-corrected chi connectivity index (χ4v) is 4.21. The van der Waals surface area contributed by atoms with Gasteiger partial charge in [-0.05, 0) is 56.3 Å². The molecule has 2 N–H and O–H groups in total. The molecule has 0 aliphatic carbocycles. The van der Waals surface area contributed by atoms with E-state index in [4.69, 9.17) is 0 Å². The van der Waals surface area contributed by atoms with Crippen LogP contribution >= 0.6 is 11.8 Å². The number of hydrogen-bond acceptors (Lipinski definition) is 4. The van der Waals surface area contributed by atoms with Crippen LogP contribution < -0.4 is 10.6 Å². The van der Waals surface area contributed by atoms with Gasteiger partial charge in [-0.15, -0.1) is 0 Å². The van der Waals surface area contributed by atoms with Gasteiger partial charge < -0.3 is 10.6 Å². The summed E-state index contributed by atoms with van der Waals surface area (Å²) < 4.78 is 13.9. The molecule has 0 spiro atoms. The summed E-state index contributed by atoms with van der Waals surface area (Å²) in [4.78, 5) is 28.6. The molecule has 31 heavy (non-hydrogen) atoms. The number of carbonyl (C=O) groups is 2. The number of thioether (sulfide) groups is 1. The summed E-state index contributed by atoms with van der Waals surface area (Å²) in [6.45, 7) is 6.67. The molecule has 0 fully saturated rings. The number of nitrogens with one attached hydrogen (secondary N) is 2. The van der Waals surface area contributed by atoms with Crippen LogP contribution in [0.15, 0.2) is 52.3 Å². The number of unbranched alkanes of at least 4 members (excludes halogenated alkanes) is 1. The van der Waals surface area contributed by atoms with Crippen molar-refractivity contribution in [3.63, 3.8) is 0 Å². The first-order valence-corrected chi connectivity index (χ1v) is 11.4. The van der Waals surface area contributed by atoms with Crippen molar-refractivity contribution < 1.29 is 14.0 Å². The SMILES string of the molecule is CCCCN(CCC)CNC(=O)c1ccc2c(c1)NC(=O)/C(=C\c1ccccc1F)S2. The van der Waals surface area contributed by atoms with E-state index >= 15 is 0 Å². The van der Waals surface area contributed by atoms with Crippen LogP contribution in [0.25, 0.3) is 6.08 Å². The third-order valence-corrected chi connectivity index (χ3v) is 6.06. The summed E-state index contributed by atoms with van der Waals surface area (Å²) in [7, 11) is 0. The van der Waals surface area contributed by atoms with E-state index < -0.39 is 0 Å². The highest BCUT2D eigenvalue weighted by atomic mass is 32.2. The lowest BCUT2D eigenvalue weighted by Gasteiger charge is -2.22. The van der Waals surface area contributed by atoms with Gasteiger partial charge in [0, 0.05) is 16.0 Å². The van der Waals surface area contributed by atoms with Gasteiger partial charge in [0.1, 0.15) is 5.82 Å². The highest BCUT2D eigenvalue weighted by molar-refractivity contribution is 8.04. The summed E-state index contributed by atoms with van der Waals surface area (Å²) in [6.07, 6.45) is 4.78. The smallest absolute Gasteiger partial charge is 0.262 e. The molecule has 1 aliphatic heterocycles. The third kappa shape index (κ3) is 6.18. The Balaban J connectivity index is 1.69. The summed E-state index contributed by atoms with van der Waals surface area (Å²) in [5, 5.41) is 5.79. The maximum Gasteiger partial charge on any atom is 0.262 e. The van der Waals surface area contributed by atoms with Gasteiger partial charge in [0.25, 0.3) is 11.8 Å². The molecular weight excluding hydrogens is 413 g/mol. The topological polar surface area (TPSA) is 61.4 Å². The quantitative estimate of drug-likeness (QED) is 0.419. The zero-order valence-corrected chi connectivity index (χ0v) is 18.7. The summed E-state index contributed by atoms with van der Waals surface area (Å²) in [5.74, 6) is -0.864. The van der Waals surface area contributed by atoms with Crippen molar-refractivity contribution in [1.82, 2.24) is 10.2 Å². The molecule has 0 radical (unpaired) electrons. The minimum atomic E-state index is -0.378. The van der Waals surface area contributed by atoms with Gasteiger partial charge in [0.15, 0.2) is 0 Å². The van der Waals surface area contributed by atoms with Crippen molar-refractivity contribution >= 4 is 35.3 Å². The van der Waals surface area contributed by atoms with Gasteiger partial charge in [0.05, 0.1) is 17.3 Å². The first kappa shape index (κ1) is 23.0. The van der Waals surface area contributed by atoms with Gasteiger partial charge in [0.2, 0.25) is 0 Å². The largest absolute Gasteiger partial charge is 0.339 e. The van der Waals surface area contributed by atoms with Gasteiger partial charge in [-0.25, -0.2) is 4.39 Å². The second-order valence-electron chi connectivity index (χ2n) is 7.43. The second kappa shape index (κ2) is 11.1. The van der Waals surface area contributed by atoms with E-state index in [1.54, 1.807) is 30.3 Å². The standard InChI is InChI=1S/C24H28FN3O2S/c1-3-5-13-28(12-4-2)16-26-23(29)18-10-11-21-20(14-18)27-24(30)22(31-21)15-17-8-6-7-9-19(17)25/h6-11,14-15H,3-5,12-13,16H2,1-2H3,(H,26,29)(H,27,30)/b22-15+. The van der Waals surface area contributed by atoms with Crippen LogP contribution in [0.3, 0.4) is 0 Å². The number of halogens is 1. The molecule has 2 amide bonds. The minimum Gasteiger partial charge on any atom is -0.339 e. The number of amides is 2. The van der Waals surface area contributed by atoms with Crippen molar-refractivity contribution in [3.05, 3.63) is 64.3 Å². The Morgan fingerprint density at radius 1 is 1.16 bits per heavy atom. The number of carbonyl (C=O) groups excluding carboxylic acids is 2. The Labute approximate surface area is 187 Å². The molecule has 0 saturated carbocycles. The van der Waals surface area contributed by atoms with Gasteiger partial charge in [-0.3, -0.25) is 14.5 Å². The molecule has 3 rings (SSSR count).